The van der Waals surface area contributed by atoms with E-state index in [9.17, 15) is 9.59 Å². The minimum absolute atomic E-state index is 0.169. The minimum Gasteiger partial charge on any atom is -0.457 e. The van der Waals surface area contributed by atoms with E-state index in [4.69, 9.17) is 4.74 Å². The topological polar surface area (TPSA) is 43.4 Å². The van der Waals surface area contributed by atoms with E-state index in [-0.39, 0.29) is 18.4 Å². The Kier molecular flexibility index (Phi) is 6.62. The van der Waals surface area contributed by atoms with E-state index in [1.165, 1.54) is 5.56 Å². The highest BCUT2D eigenvalue weighted by Crippen LogP contribution is 2.19. The molecule has 0 amide bonds. The highest BCUT2D eigenvalue weighted by atomic mass is 32.2. The average Bonchev–Trinajstić information content (AvgIpc) is 2.57. The van der Waals surface area contributed by atoms with Gasteiger partial charge in [-0.1, -0.05) is 29.8 Å². The number of benzene rings is 2. The van der Waals surface area contributed by atoms with Crippen LogP contribution in [0.25, 0.3) is 0 Å². The largest absolute Gasteiger partial charge is 0.457 e. The van der Waals surface area contributed by atoms with E-state index in [0.29, 0.717) is 17.7 Å². The fourth-order valence-corrected chi connectivity index (χ4v) is 2.94. The third-order valence-corrected chi connectivity index (χ3v) is 4.80. The SMILES string of the molecule is Cc1ccc(SCCC(=O)OCC(=O)c2ccc(C)c(C)c2)cc1. The summed E-state index contributed by atoms with van der Waals surface area (Å²) in [6, 6.07) is 13.7. The summed E-state index contributed by atoms with van der Waals surface area (Å²) in [5.74, 6) is 0.129. The molecule has 0 aliphatic rings. The molecule has 0 N–H and O–H groups in total. The quantitative estimate of drug-likeness (QED) is 0.421. The lowest BCUT2D eigenvalue weighted by Gasteiger charge is -2.06. The van der Waals surface area contributed by atoms with Gasteiger partial charge in [-0.3, -0.25) is 9.59 Å². The van der Waals surface area contributed by atoms with Crippen LogP contribution >= 0.6 is 11.8 Å². The van der Waals surface area contributed by atoms with Gasteiger partial charge in [0.1, 0.15) is 0 Å². The van der Waals surface area contributed by atoms with Gasteiger partial charge in [0.2, 0.25) is 0 Å². The third kappa shape index (κ3) is 5.53. The third-order valence-electron chi connectivity index (χ3n) is 3.79. The van der Waals surface area contributed by atoms with Gasteiger partial charge in [0, 0.05) is 16.2 Å². The first kappa shape index (κ1) is 18.3. The number of hydrogen-bond acceptors (Lipinski definition) is 4. The van der Waals surface area contributed by atoms with Gasteiger partial charge in [-0.15, -0.1) is 11.8 Å². The molecule has 126 valence electrons. The number of aryl methyl sites for hydroxylation is 3. The number of hydrogen-bond donors (Lipinski definition) is 0. The lowest BCUT2D eigenvalue weighted by molar-refractivity contribution is -0.141. The van der Waals surface area contributed by atoms with E-state index in [1.807, 2.05) is 57.2 Å². The van der Waals surface area contributed by atoms with Crippen molar-refractivity contribution in [2.45, 2.75) is 32.1 Å². The smallest absolute Gasteiger partial charge is 0.307 e. The Labute approximate surface area is 147 Å². The zero-order valence-electron chi connectivity index (χ0n) is 14.3. The summed E-state index contributed by atoms with van der Waals surface area (Å²) in [5.41, 5.74) is 3.99. The number of esters is 1. The summed E-state index contributed by atoms with van der Waals surface area (Å²) in [6.07, 6.45) is 0.290. The van der Waals surface area contributed by atoms with Crippen molar-refractivity contribution in [2.75, 3.05) is 12.4 Å². The van der Waals surface area contributed by atoms with Crippen LogP contribution in [0.5, 0.6) is 0 Å². The Bertz CT molecular complexity index is 720. The number of thioether (sulfide) groups is 1. The van der Waals surface area contributed by atoms with E-state index in [0.717, 1.165) is 16.0 Å². The van der Waals surface area contributed by atoms with Crippen molar-refractivity contribution in [1.82, 2.24) is 0 Å². The molecule has 24 heavy (non-hydrogen) atoms. The highest BCUT2D eigenvalue weighted by Gasteiger charge is 2.11. The van der Waals surface area contributed by atoms with Gasteiger partial charge in [-0.25, -0.2) is 0 Å². The van der Waals surface area contributed by atoms with Crippen molar-refractivity contribution in [2.24, 2.45) is 0 Å². The highest BCUT2D eigenvalue weighted by molar-refractivity contribution is 7.99. The zero-order valence-corrected chi connectivity index (χ0v) is 15.1. The van der Waals surface area contributed by atoms with Gasteiger partial charge in [-0.2, -0.15) is 0 Å². The Morgan fingerprint density at radius 3 is 2.33 bits per heavy atom. The maximum absolute atomic E-state index is 12.1. The van der Waals surface area contributed by atoms with Crippen LogP contribution in [0, 0.1) is 20.8 Å². The van der Waals surface area contributed by atoms with Crippen LogP contribution in [0.1, 0.15) is 33.5 Å². The maximum Gasteiger partial charge on any atom is 0.307 e. The monoisotopic (exact) mass is 342 g/mol. The van der Waals surface area contributed by atoms with Crippen LogP contribution in [0.15, 0.2) is 47.4 Å². The second-order valence-corrected chi connectivity index (χ2v) is 6.96. The van der Waals surface area contributed by atoms with Gasteiger partial charge in [0.05, 0.1) is 6.42 Å². The summed E-state index contributed by atoms with van der Waals surface area (Å²) >= 11 is 1.61. The molecular formula is C20H22O3S. The first-order valence-corrected chi connectivity index (χ1v) is 8.90. The Morgan fingerprint density at radius 1 is 0.958 bits per heavy atom. The fraction of sp³-hybridized carbons (Fsp3) is 0.300. The van der Waals surface area contributed by atoms with Crippen molar-refractivity contribution >= 4 is 23.5 Å². The lowest BCUT2D eigenvalue weighted by atomic mass is 10.0. The molecule has 2 aromatic rings. The molecule has 4 heteroatoms. The molecule has 0 atom stereocenters. The van der Waals surface area contributed by atoms with Crippen LogP contribution in [0.2, 0.25) is 0 Å². The predicted octanol–water partition coefficient (Wildman–Crippen LogP) is 4.52. The molecule has 0 saturated carbocycles. The van der Waals surface area contributed by atoms with Gasteiger partial charge in [-0.05, 0) is 50.1 Å². The summed E-state index contributed by atoms with van der Waals surface area (Å²) in [7, 11) is 0. The molecule has 0 bridgehead atoms. The van der Waals surface area contributed by atoms with E-state index in [1.54, 1.807) is 17.8 Å². The normalized spacial score (nSPS) is 10.5. The minimum atomic E-state index is -0.341. The first-order chi connectivity index (χ1) is 11.5. The molecule has 2 rings (SSSR count). The predicted molar refractivity (Wildman–Crippen MR) is 97.7 cm³/mol. The molecule has 0 aliphatic carbocycles. The standard InChI is InChI=1S/C20H22O3S/c1-14-4-8-18(9-5-14)24-11-10-20(22)23-13-19(21)17-7-6-15(2)16(3)12-17/h4-9,12H,10-11,13H2,1-3H3. The number of Topliss-reactive ketones (excluding diaryl/α,β-unsaturated/α-hetero) is 1. The van der Waals surface area contributed by atoms with Crippen molar-refractivity contribution in [3.05, 3.63) is 64.7 Å². The van der Waals surface area contributed by atoms with Gasteiger partial charge in [0.15, 0.2) is 12.4 Å². The molecule has 0 radical (unpaired) electrons. The van der Waals surface area contributed by atoms with E-state index < -0.39 is 0 Å². The number of rotatable bonds is 7. The van der Waals surface area contributed by atoms with Crippen molar-refractivity contribution in [3.63, 3.8) is 0 Å². The number of ketones is 1. The van der Waals surface area contributed by atoms with Crippen LogP contribution in [-0.2, 0) is 9.53 Å². The Morgan fingerprint density at radius 2 is 1.67 bits per heavy atom. The van der Waals surface area contributed by atoms with Crippen molar-refractivity contribution < 1.29 is 14.3 Å². The number of carbonyl (C=O) groups is 2. The van der Waals surface area contributed by atoms with Crippen molar-refractivity contribution in [3.8, 4) is 0 Å². The zero-order chi connectivity index (χ0) is 17.5. The van der Waals surface area contributed by atoms with Crippen LogP contribution < -0.4 is 0 Å². The van der Waals surface area contributed by atoms with E-state index >= 15 is 0 Å². The van der Waals surface area contributed by atoms with E-state index in [2.05, 4.69) is 0 Å². The fourth-order valence-electron chi connectivity index (χ4n) is 2.10. The first-order valence-electron chi connectivity index (χ1n) is 7.91. The molecule has 0 heterocycles. The van der Waals surface area contributed by atoms with Crippen LogP contribution in [0.3, 0.4) is 0 Å². The molecule has 0 aliphatic heterocycles. The molecule has 0 saturated heterocycles. The second-order valence-electron chi connectivity index (χ2n) is 5.79. The number of carbonyl (C=O) groups excluding carboxylic acids is 2. The maximum atomic E-state index is 12.1. The summed E-state index contributed by atoms with van der Waals surface area (Å²) in [4.78, 5) is 24.9. The molecule has 0 unspecified atom stereocenters. The van der Waals surface area contributed by atoms with Gasteiger partial charge >= 0.3 is 5.97 Å². The summed E-state index contributed by atoms with van der Waals surface area (Å²) in [5, 5.41) is 0. The average molecular weight is 342 g/mol. The lowest BCUT2D eigenvalue weighted by Crippen LogP contribution is -2.14. The summed E-state index contributed by atoms with van der Waals surface area (Å²) in [6.45, 7) is 5.80. The van der Waals surface area contributed by atoms with Gasteiger partial charge < -0.3 is 4.74 Å². The number of ether oxygens (including phenoxy) is 1. The molecule has 0 fully saturated rings. The molecular weight excluding hydrogens is 320 g/mol. The Balaban J connectivity index is 1.73. The Hall–Kier alpha value is -2.07. The van der Waals surface area contributed by atoms with Crippen LogP contribution in [-0.4, -0.2) is 24.1 Å². The van der Waals surface area contributed by atoms with Gasteiger partial charge in [0.25, 0.3) is 0 Å². The second kappa shape index (κ2) is 8.69. The molecule has 0 spiro atoms. The van der Waals surface area contributed by atoms with Crippen molar-refractivity contribution in [1.29, 1.82) is 0 Å². The molecule has 0 aromatic heterocycles. The molecule has 3 nitrogen and oxygen atoms in total. The summed E-state index contributed by atoms with van der Waals surface area (Å²) < 4.78 is 5.08. The molecule has 2 aromatic carbocycles. The van der Waals surface area contributed by atoms with Crippen LogP contribution in [0.4, 0.5) is 0 Å².